The first-order chi connectivity index (χ1) is 4.18. The molecule has 0 aromatic rings. The summed E-state index contributed by atoms with van der Waals surface area (Å²) in [7, 11) is 0. The lowest BCUT2D eigenvalue weighted by Gasteiger charge is -1.91. The number of hydrogen-bond donors (Lipinski definition) is 2. The lowest BCUT2D eigenvalue weighted by atomic mass is 10.2. The number of amides is 1. The van der Waals surface area contributed by atoms with Crippen LogP contribution in [0.3, 0.4) is 0 Å². The van der Waals surface area contributed by atoms with E-state index in [0.29, 0.717) is 12.1 Å². The summed E-state index contributed by atoms with van der Waals surface area (Å²) in [6.45, 7) is 2.24. The van der Waals surface area contributed by atoms with Gasteiger partial charge in [-0.2, -0.15) is 0 Å². The number of carbonyl (C=O) groups excluding carboxylic acids is 1. The van der Waals surface area contributed by atoms with E-state index >= 15 is 0 Å². The Morgan fingerprint density at radius 3 is 2.56 bits per heavy atom. The molecule has 0 saturated carbocycles. The predicted molar refractivity (Wildman–Crippen MR) is 36.6 cm³/mol. The highest BCUT2D eigenvalue weighted by atomic mass is 16.1. The molecule has 0 radical (unpaired) electrons. The Kier molecular flexibility index (Phi) is 3.71. The third kappa shape index (κ3) is 3.73. The molecule has 0 unspecified atom stereocenters. The number of hydrogen-bond acceptors (Lipinski definition) is 2. The van der Waals surface area contributed by atoms with Gasteiger partial charge in [0.15, 0.2) is 0 Å². The second kappa shape index (κ2) is 4.09. The van der Waals surface area contributed by atoms with Gasteiger partial charge in [0.1, 0.15) is 0 Å². The van der Waals surface area contributed by atoms with Gasteiger partial charge in [0, 0.05) is 5.57 Å². The van der Waals surface area contributed by atoms with E-state index in [2.05, 4.69) is 0 Å². The fraction of sp³-hybridized carbons (Fsp3) is 0.500. The van der Waals surface area contributed by atoms with Crippen molar-refractivity contribution >= 4 is 5.91 Å². The standard InChI is InChI=1S/C6H12N2O/c1-5(6(8)9)3-2-4-7/h3H,2,4,7H2,1H3,(H2,8,9)/b5-3+. The first-order valence-corrected chi connectivity index (χ1v) is 2.85. The smallest absolute Gasteiger partial charge is 0.244 e. The molecule has 0 aromatic heterocycles. The lowest BCUT2D eigenvalue weighted by Crippen LogP contribution is -2.11. The zero-order chi connectivity index (χ0) is 7.28. The average Bonchev–Trinajstić information content (AvgIpc) is 1.82. The van der Waals surface area contributed by atoms with E-state index in [1.807, 2.05) is 0 Å². The molecule has 0 aliphatic carbocycles. The van der Waals surface area contributed by atoms with Crippen molar-refractivity contribution in [2.45, 2.75) is 13.3 Å². The first kappa shape index (κ1) is 8.17. The Hall–Kier alpha value is -0.830. The first-order valence-electron chi connectivity index (χ1n) is 2.85. The molecule has 0 heterocycles. The summed E-state index contributed by atoms with van der Waals surface area (Å²) in [5, 5.41) is 0. The van der Waals surface area contributed by atoms with Crippen molar-refractivity contribution in [2.24, 2.45) is 11.5 Å². The van der Waals surface area contributed by atoms with Gasteiger partial charge in [-0.25, -0.2) is 0 Å². The maximum Gasteiger partial charge on any atom is 0.244 e. The minimum atomic E-state index is -0.372. The summed E-state index contributed by atoms with van der Waals surface area (Å²) in [5.41, 5.74) is 10.7. The van der Waals surface area contributed by atoms with Crippen LogP contribution in [0, 0.1) is 0 Å². The quantitative estimate of drug-likeness (QED) is 0.515. The van der Waals surface area contributed by atoms with Gasteiger partial charge < -0.3 is 11.5 Å². The van der Waals surface area contributed by atoms with E-state index in [0.717, 1.165) is 6.42 Å². The summed E-state index contributed by atoms with van der Waals surface area (Å²) in [5.74, 6) is -0.372. The normalized spacial score (nSPS) is 11.6. The van der Waals surface area contributed by atoms with Crippen molar-refractivity contribution in [3.8, 4) is 0 Å². The second-order valence-electron chi connectivity index (χ2n) is 1.83. The van der Waals surface area contributed by atoms with Gasteiger partial charge in [0.2, 0.25) is 5.91 Å². The molecule has 3 heteroatoms. The Bertz CT molecular complexity index is 129. The zero-order valence-electron chi connectivity index (χ0n) is 5.55. The zero-order valence-corrected chi connectivity index (χ0v) is 5.55. The third-order valence-corrected chi connectivity index (χ3v) is 1.01. The van der Waals surface area contributed by atoms with Crippen LogP contribution in [0.25, 0.3) is 0 Å². The fourth-order valence-corrected chi connectivity index (χ4v) is 0.400. The van der Waals surface area contributed by atoms with Gasteiger partial charge in [0.05, 0.1) is 0 Å². The molecule has 0 aliphatic rings. The van der Waals surface area contributed by atoms with Crippen molar-refractivity contribution < 1.29 is 4.79 Å². The Morgan fingerprint density at radius 2 is 2.22 bits per heavy atom. The van der Waals surface area contributed by atoms with Crippen LogP contribution in [-0.4, -0.2) is 12.5 Å². The van der Waals surface area contributed by atoms with Crippen LogP contribution >= 0.6 is 0 Å². The predicted octanol–water partition coefficient (Wildman–Crippen LogP) is -0.233. The van der Waals surface area contributed by atoms with Crippen LogP contribution in [0.15, 0.2) is 11.6 Å². The Balaban J connectivity index is 3.69. The highest BCUT2D eigenvalue weighted by Crippen LogP contribution is 1.91. The van der Waals surface area contributed by atoms with Crippen molar-refractivity contribution in [3.63, 3.8) is 0 Å². The molecular formula is C6H12N2O. The summed E-state index contributed by atoms with van der Waals surface area (Å²) < 4.78 is 0. The number of rotatable bonds is 3. The molecule has 0 fully saturated rings. The van der Waals surface area contributed by atoms with Gasteiger partial charge in [-0.1, -0.05) is 6.08 Å². The Morgan fingerprint density at radius 1 is 1.67 bits per heavy atom. The fourth-order valence-electron chi connectivity index (χ4n) is 0.400. The third-order valence-electron chi connectivity index (χ3n) is 1.01. The summed E-state index contributed by atoms with van der Waals surface area (Å²) >= 11 is 0. The van der Waals surface area contributed by atoms with Gasteiger partial charge in [-0.15, -0.1) is 0 Å². The molecule has 0 bridgehead atoms. The van der Waals surface area contributed by atoms with E-state index in [-0.39, 0.29) is 5.91 Å². The van der Waals surface area contributed by atoms with Gasteiger partial charge in [-0.05, 0) is 19.9 Å². The van der Waals surface area contributed by atoms with Crippen molar-refractivity contribution in [1.29, 1.82) is 0 Å². The summed E-state index contributed by atoms with van der Waals surface area (Å²) in [6, 6.07) is 0. The highest BCUT2D eigenvalue weighted by molar-refractivity contribution is 5.91. The molecule has 0 aliphatic heterocycles. The summed E-state index contributed by atoms with van der Waals surface area (Å²) in [6.07, 6.45) is 2.46. The van der Waals surface area contributed by atoms with E-state index in [9.17, 15) is 4.79 Å². The van der Waals surface area contributed by atoms with E-state index in [4.69, 9.17) is 11.5 Å². The second-order valence-corrected chi connectivity index (χ2v) is 1.83. The maximum absolute atomic E-state index is 10.3. The molecule has 0 saturated heterocycles. The monoisotopic (exact) mass is 128 g/mol. The number of carbonyl (C=O) groups is 1. The number of nitrogens with two attached hydrogens (primary N) is 2. The molecule has 3 nitrogen and oxygen atoms in total. The largest absolute Gasteiger partial charge is 0.366 e. The van der Waals surface area contributed by atoms with E-state index in [1.165, 1.54) is 0 Å². The molecule has 0 spiro atoms. The van der Waals surface area contributed by atoms with Crippen LogP contribution < -0.4 is 11.5 Å². The molecule has 0 aromatic carbocycles. The van der Waals surface area contributed by atoms with E-state index < -0.39 is 0 Å². The van der Waals surface area contributed by atoms with Crippen LogP contribution in [0.2, 0.25) is 0 Å². The molecular weight excluding hydrogens is 116 g/mol. The lowest BCUT2D eigenvalue weighted by molar-refractivity contribution is -0.114. The Labute approximate surface area is 54.7 Å². The highest BCUT2D eigenvalue weighted by Gasteiger charge is 1.93. The van der Waals surface area contributed by atoms with Crippen LogP contribution in [0.5, 0.6) is 0 Å². The molecule has 4 N–H and O–H groups in total. The maximum atomic E-state index is 10.3. The van der Waals surface area contributed by atoms with Crippen LogP contribution in [-0.2, 0) is 4.79 Å². The molecule has 0 atom stereocenters. The van der Waals surface area contributed by atoms with Gasteiger partial charge in [0.25, 0.3) is 0 Å². The average molecular weight is 128 g/mol. The van der Waals surface area contributed by atoms with E-state index in [1.54, 1.807) is 13.0 Å². The van der Waals surface area contributed by atoms with Crippen LogP contribution in [0.1, 0.15) is 13.3 Å². The molecule has 0 rings (SSSR count). The molecule has 52 valence electrons. The topological polar surface area (TPSA) is 69.1 Å². The SMILES string of the molecule is C/C(=C\CCN)C(N)=O. The summed E-state index contributed by atoms with van der Waals surface area (Å²) in [4.78, 5) is 10.3. The van der Waals surface area contributed by atoms with Crippen molar-refractivity contribution in [2.75, 3.05) is 6.54 Å². The molecule has 9 heavy (non-hydrogen) atoms. The van der Waals surface area contributed by atoms with Crippen LogP contribution in [0.4, 0.5) is 0 Å². The van der Waals surface area contributed by atoms with Gasteiger partial charge in [-0.3, -0.25) is 4.79 Å². The minimum Gasteiger partial charge on any atom is -0.366 e. The molecule has 1 amide bonds. The number of primary amides is 1. The minimum absolute atomic E-state index is 0.372. The van der Waals surface area contributed by atoms with Crippen molar-refractivity contribution in [1.82, 2.24) is 0 Å². The van der Waals surface area contributed by atoms with Crippen molar-refractivity contribution in [3.05, 3.63) is 11.6 Å². The van der Waals surface area contributed by atoms with Gasteiger partial charge >= 0.3 is 0 Å².